The molecule has 4 nitrogen and oxygen atoms in total. The number of aryl methyl sites for hydroxylation is 2. The van der Waals surface area contributed by atoms with Gasteiger partial charge in [0.15, 0.2) is 0 Å². The minimum absolute atomic E-state index is 0.00202. The number of hydrogen-bond acceptors (Lipinski definition) is 4. The summed E-state index contributed by atoms with van der Waals surface area (Å²) in [6.45, 7) is 8.88. The topological polar surface area (TPSA) is 46.9 Å². The van der Waals surface area contributed by atoms with Crippen LogP contribution in [0.15, 0.2) is 158 Å². The normalized spacial score (nSPS) is 12.8. The molecule has 0 spiro atoms. The molecule has 7 aromatic carbocycles. The highest BCUT2D eigenvalue weighted by Crippen LogP contribution is 2.51. The molecular formula is C51H46N2O2. The highest BCUT2D eigenvalue weighted by molar-refractivity contribution is 5.87. The Morgan fingerprint density at radius 1 is 0.418 bits per heavy atom. The number of fused-ring (bicyclic) bond motifs is 3. The molecule has 0 saturated carbocycles. The van der Waals surface area contributed by atoms with Crippen LogP contribution in [0.2, 0.25) is 0 Å². The molecule has 7 aromatic rings. The Hall–Kier alpha value is -6.20. The highest BCUT2D eigenvalue weighted by Gasteiger charge is 2.36. The van der Waals surface area contributed by atoms with Crippen LogP contribution in [0.5, 0.6) is 0 Å². The van der Waals surface area contributed by atoms with Gasteiger partial charge in [-0.05, 0) is 131 Å². The Balaban J connectivity index is 1.07. The maximum Gasteiger partial charge on any atom is 0.0681 e. The van der Waals surface area contributed by atoms with Gasteiger partial charge < -0.3 is 20.0 Å². The highest BCUT2D eigenvalue weighted by atomic mass is 16.3. The molecule has 0 radical (unpaired) electrons. The molecule has 0 heterocycles. The van der Waals surface area contributed by atoms with Crippen LogP contribution in [-0.4, -0.2) is 10.2 Å². The average molecular weight is 719 g/mol. The fourth-order valence-electron chi connectivity index (χ4n) is 7.70. The minimum atomic E-state index is -0.214. The Morgan fingerprint density at radius 3 is 1.24 bits per heavy atom. The number of rotatable bonds is 10. The smallest absolute Gasteiger partial charge is 0.0681 e. The van der Waals surface area contributed by atoms with E-state index in [1.807, 2.05) is 24.3 Å². The van der Waals surface area contributed by atoms with Crippen molar-refractivity contribution in [3.05, 3.63) is 202 Å². The maximum atomic E-state index is 9.69. The lowest BCUT2D eigenvalue weighted by molar-refractivity contribution is 0.281. The molecule has 8 rings (SSSR count). The number of aliphatic hydroxyl groups excluding tert-OH is 2. The summed E-state index contributed by atoms with van der Waals surface area (Å²) in [5, 5.41) is 19.4. The molecular weight excluding hydrogens is 673 g/mol. The zero-order valence-electron chi connectivity index (χ0n) is 31.9. The number of anilines is 6. The van der Waals surface area contributed by atoms with Gasteiger partial charge in [0.05, 0.1) is 13.2 Å². The fraction of sp³-hybridized carbons (Fsp3) is 0.137. The number of nitrogens with zero attached hydrogens (tertiary/aromatic N) is 2. The summed E-state index contributed by atoms with van der Waals surface area (Å²) in [5.41, 5.74) is 17.9. The van der Waals surface area contributed by atoms with E-state index in [-0.39, 0.29) is 18.6 Å². The van der Waals surface area contributed by atoms with Crippen molar-refractivity contribution in [3.8, 4) is 11.1 Å². The quantitative estimate of drug-likeness (QED) is 0.138. The summed E-state index contributed by atoms with van der Waals surface area (Å²) in [4.78, 5) is 4.54. The fourth-order valence-corrected chi connectivity index (χ4v) is 7.70. The molecule has 55 heavy (non-hydrogen) atoms. The number of hydrogen-bond donors (Lipinski definition) is 2. The summed E-state index contributed by atoms with van der Waals surface area (Å²) in [6, 6.07) is 55.8. The lowest BCUT2D eigenvalue weighted by Gasteiger charge is -2.28. The number of benzene rings is 7. The van der Waals surface area contributed by atoms with Gasteiger partial charge in [-0.1, -0.05) is 122 Å². The summed E-state index contributed by atoms with van der Waals surface area (Å²) in [6.07, 6.45) is 4.41. The molecule has 0 fully saturated rings. The Kier molecular flexibility index (Phi) is 9.71. The van der Waals surface area contributed by atoms with E-state index in [1.54, 1.807) is 0 Å². The van der Waals surface area contributed by atoms with Gasteiger partial charge in [-0.2, -0.15) is 0 Å². The van der Waals surface area contributed by atoms with Crippen molar-refractivity contribution in [1.29, 1.82) is 0 Å². The van der Waals surface area contributed by atoms with E-state index >= 15 is 0 Å². The summed E-state index contributed by atoms with van der Waals surface area (Å²) < 4.78 is 0. The largest absolute Gasteiger partial charge is 0.392 e. The van der Waals surface area contributed by atoms with Gasteiger partial charge in [0.1, 0.15) is 0 Å². The van der Waals surface area contributed by atoms with E-state index in [4.69, 9.17) is 0 Å². The van der Waals surface area contributed by atoms with Crippen molar-refractivity contribution in [3.63, 3.8) is 0 Å². The van der Waals surface area contributed by atoms with Crippen molar-refractivity contribution < 1.29 is 10.2 Å². The first-order valence-corrected chi connectivity index (χ1v) is 18.9. The molecule has 0 amide bonds. The van der Waals surface area contributed by atoms with Crippen LogP contribution in [0.1, 0.15) is 58.4 Å². The lowest BCUT2D eigenvalue weighted by atomic mass is 9.81. The second kappa shape index (κ2) is 14.9. The minimum Gasteiger partial charge on any atom is -0.392 e. The van der Waals surface area contributed by atoms with E-state index in [0.717, 1.165) is 50.8 Å². The van der Waals surface area contributed by atoms with Gasteiger partial charge >= 0.3 is 0 Å². The summed E-state index contributed by atoms with van der Waals surface area (Å²) in [7, 11) is 0. The first-order valence-electron chi connectivity index (χ1n) is 18.9. The molecule has 2 N–H and O–H groups in total. The van der Waals surface area contributed by atoms with E-state index in [2.05, 4.69) is 183 Å². The first-order chi connectivity index (χ1) is 26.7. The van der Waals surface area contributed by atoms with Gasteiger partial charge in [-0.3, -0.25) is 0 Å². The maximum absolute atomic E-state index is 9.69. The Labute approximate surface area is 324 Å². The second-order valence-corrected chi connectivity index (χ2v) is 15.1. The van der Waals surface area contributed by atoms with Crippen LogP contribution in [0.25, 0.3) is 23.3 Å². The van der Waals surface area contributed by atoms with Crippen LogP contribution in [0.4, 0.5) is 34.1 Å². The molecule has 1 aliphatic carbocycles. The van der Waals surface area contributed by atoms with Crippen LogP contribution < -0.4 is 9.80 Å². The molecule has 4 heteroatoms. The first kappa shape index (κ1) is 35.8. The van der Waals surface area contributed by atoms with Crippen molar-refractivity contribution in [2.24, 2.45) is 0 Å². The average Bonchev–Trinajstić information content (AvgIpc) is 3.44. The van der Waals surface area contributed by atoms with Crippen molar-refractivity contribution in [1.82, 2.24) is 0 Å². The van der Waals surface area contributed by atoms with Gasteiger partial charge in [-0.15, -0.1) is 0 Å². The predicted octanol–water partition coefficient (Wildman–Crippen LogP) is 12.7. The van der Waals surface area contributed by atoms with E-state index < -0.39 is 0 Å². The van der Waals surface area contributed by atoms with Gasteiger partial charge in [-0.25, -0.2) is 0 Å². The third-order valence-corrected chi connectivity index (χ3v) is 10.9. The van der Waals surface area contributed by atoms with Gasteiger partial charge in [0.25, 0.3) is 0 Å². The third-order valence-electron chi connectivity index (χ3n) is 10.9. The standard InChI is InChI=1S/C51H46N2O2/c1-35-5-18-41(19-6-35)52(42-20-7-36(2)8-21-42)43-22-11-37(12-23-43)9-10-38-17-29-47-48-30-28-46(32-50(48)51(3,4)49(47)31-38)53(44-24-13-39(33-54)14-25-44)45-26-15-40(34-55)16-27-45/h5-32,54-55H,33-34H2,1-4H3/b10-9+. The number of aliphatic hydroxyl groups is 2. The molecule has 272 valence electrons. The second-order valence-electron chi connectivity index (χ2n) is 15.1. The zero-order chi connectivity index (χ0) is 38.1. The molecule has 0 atom stereocenters. The molecule has 0 aliphatic heterocycles. The molecule has 0 saturated heterocycles. The Morgan fingerprint density at radius 2 is 0.764 bits per heavy atom. The van der Waals surface area contributed by atoms with Crippen molar-refractivity contribution in [2.75, 3.05) is 9.80 Å². The predicted molar refractivity (Wildman–Crippen MR) is 230 cm³/mol. The SMILES string of the molecule is Cc1ccc(N(c2ccc(C)cc2)c2ccc(/C=C/c3ccc4c(c3)C(C)(C)c3cc(N(c5ccc(CO)cc5)c5ccc(CO)cc5)ccc3-4)cc2)cc1. The van der Waals surface area contributed by atoms with Gasteiger partial charge in [0, 0.05) is 39.5 Å². The van der Waals surface area contributed by atoms with Crippen LogP contribution >= 0.6 is 0 Å². The summed E-state index contributed by atoms with van der Waals surface area (Å²) >= 11 is 0. The van der Waals surface area contributed by atoms with E-state index in [1.165, 1.54) is 38.9 Å². The van der Waals surface area contributed by atoms with E-state index in [0.29, 0.717) is 0 Å². The van der Waals surface area contributed by atoms with Crippen molar-refractivity contribution in [2.45, 2.75) is 46.3 Å². The monoisotopic (exact) mass is 718 g/mol. The molecule has 0 bridgehead atoms. The van der Waals surface area contributed by atoms with Gasteiger partial charge in [0.2, 0.25) is 0 Å². The van der Waals surface area contributed by atoms with Crippen LogP contribution in [0.3, 0.4) is 0 Å². The molecule has 0 aromatic heterocycles. The molecule has 0 unspecified atom stereocenters. The van der Waals surface area contributed by atoms with Crippen LogP contribution in [-0.2, 0) is 18.6 Å². The Bertz CT molecular complexity index is 2370. The lowest BCUT2D eigenvalue weighted by Crippen LogP contribution is -2.16. The molecule has 1 aliphatic rings. The summed E-state index contributed by atoms with van der Waals surface area (Å²) in [5.74, 6) is 0. The van der Waals surface area contributed by atoms with E-state index in [9.17, 15) is 10.2 Å². The van der Waals surface area contributed by atoms with Crippen molar-refractivity contribution >= 4 is 46.3 Å². The third kappa shape index (κ3) is 7.10. The zero-order valence-corrected chi connectivity index (χ0v) is 31.9. The van der Waals surface area contributed by atoms with Crippen LogP contribution in [0, 0.1) is 13.8 Å².